The Bertz CT molecular complexity index is 597. The highest BCUT2D eigenvalue weighted by atomic mass is 16.2. The lowest BCUT2D eigenvalue weighted by Crippen LogP contribution is -2.49. The molecule has 8 heteroatoms. The fourth-order valence-electron chi connectivity index (χ4n) is 3.67. The van der Waals surface area contributed by atoms with Crippen LogP contribution >= 0.6 is 0 Å². The number of aromatic nitrogens is 2. The zero-order valence-electron chi connectivity index (χ0n) is 15.9. The summed E-state index contributed by atoms with van der Waals surface area (Å²) in [7, 11) is 0. The number of hydrogen-bond donors (Lipinski definition) is 2. The monoisotopic (exact) mass is 374 g/mol. The van der Waals surface area contributed by atoms with Crippen molar-refractivity contribution in [3.8, 4) is 0 Å². The number of carbonyl (C=O) groups excluding carboxylic acids is 2. The van der Waals surface area contributed by atoms with Crippen molar-refractivity contribution in [1.82, 2.24) is 25.5 Å². The van der Waals surface area contributed by atoms with E-state index in [-0.39, 0.29) is 11.8 Å². The molecule has 8 nitrogen and oxygen atoms in total. The van der Waals surface area contributed by atoms with Crippen LogP contribution in [0, 0.1) is 5.92 Å². The van der Waals surface area contributed by atoms with Gasteiger partial charge in [-0.1, -0.05) is 0 Å². The van der Waals surface area contributed by atoms with Crippen molar-refractivity contribution in [3.05, 3.63) is 18.5 Å². The van der Waals surface area contributed by atoms with Gasteiger partial charge in [-0.3, -0.25) is 9.59 Å². The average molecular weight is 374 g/mol. The maximum Gasteiger partial charge on any atom is 0.225 e. The van der Waals surface area contributed by atoms with Crippen molar-refractivity contribution >= 4 is 17.8 Å². The molecule has 0 spiro atoms. The highest BCUT2D eigenvalue weighted by Gasteiger charge is 2.22. The van der Waals surface area contributed by atoms with Crippen LogP contribution in [-0.2, 0) is 9.59 Å². The first-order chi connectivity index (χ1) is 13.2. The molecule has 2 aliphatic heterocycles. The Morgan fingerprint density at radius 2 is 1.78 bits per heavy atom. The number of anilines is 1. The summed E-state index contributed by atoms with van der Waals surface area (Å²) in [6.07, 6.45) is 7.65. The lowest BCUT2D eigenvalue weighted by Gasteiger charge is -2.34. The van der Waals surface area contributed by atoms with Crippen LogP contribution < -0.4 is 15.5 Å². The van der Waals surface area contributed by atoms with E-state index < -0.39 is 0 Å². The van der Waals surface area contributed by atoms with E-state index in [1.165, 1.54) is 0 Å². The van der Waals surface area contributed by atoms with Gasteiger partial charge in [0.1, 0.15) is 0 Å². The number of piperidine rings is 1. The third kappa shape index (κ3) is 6.16. The summed E-state index contributed by atoms with van der Waals surface area (Å²) in [5.41, 5.74) is 0. The van der Waals surface area contributed by atoms with Crippen LogP contribution in [0.25, 0.3) is 0 Å². The van der Waals surface area contributed by atoms with Crippen molar-refractivity contribution in [2.24, 2.45) is 5.92 Å². The summed E-state index contributed by atoms with van der Waals surface area (Å²) in [6, 6.07) is 1.80. The number of nitrogens with zero attached hydrogens (tertiary/aromatic N) is 4. The smallest absolute Gasteiger partial charge is 0.225 e. The standard InChI is InChI=1S/C19H30N6O2/c26-17(3-2-16-4-9-20-10-5-16)21-11-6-18(27)24-12-14-25(15-13-24)19-22-7-1-8-23-19/h1,7-8,16,20H,2-6,9-15H2,(H,21,26). The fraction of sp³-hybridized carbons (Fsp3) is 0.684. The Kier molecular flexibility index (Phi) is 7.38. The molecule has 1 aromatic heterocycles. The molecule has 0 unspecified atom stereocenters. The topological polar surface area (TPSA) is 90.5 Å². The highest BCUT2D eigenvalue weighted by Crippen LogP contribution is 2.17. The normalized spacial score (nSPS) is 18.4. The molecule has 27 heavy (non-hydrogen) atoms. The summed E-state index contributed by atoms with van der Waals surface area (Å²) in [4.78, 5) is 36.8. The van der Waals surface area contributed by atoms with E-state index in [1.54, 1.807) is 18.5 Å². The molecule has 2 aliphatic rings. The fourth-order valence-corrected chi connectivity index (χ4v) is 3.67. The Morgan fingerprint density at radius 3 is 2.48 bits per heavy atom. The molecule has 2 amide bonds. The summed E-state index contributed by atoms with van der Waals surface area (Å²) in [6.45, 7) is 5.35. The molecule has 0 aliphatic carbocycles. The van der Waals surface area contributed by atoms with Gasteiger partial charge in [0.05, 0.1) is 0 Å². The number of rotatable bonds is 7. The first-order valence-electron chi connectivity index (χ1n) is 9.99. The second-order valence-electron chi connectivity index (χ2n) is 7.25. The third-order valence-electron chi connectivity index (χ3n) is 5.37. The van der Waals surface area contributed by atoms with Gasteiger partial charge in [-0.05, 0) is 44.3 Å². The minimum atomic E-state index is 0.0624. The van der Waals surface area contributed by atoms with Gasteiger partial charge in [0.15, 0.2) is 0 Å². The van der Waals surface area contributed by atoms with E-state index in [0.29, 0.717) is 44.3 Å². The van der Waals surface area contributed by atoms with E-state index in [9.17, 15) is 9.59 Å². The van der Waals surface area contributed by atoms with E-state index in [4.69, 9.17) is 0 Å². The van der Waals surface area contributed by atoms with Crippen molar-refractivity contribution in [1.29, 1.82) is 0 Å². The van der Waals surface area contributed by atoms with E-state index in [2.05, 4.69) is 25.5 Å². The highest BCUT2D eigenvalue weighted by molar-refractivity contribution is 5.79. The van der Waals surface area contributed by atoms with Crippen LogP contribution in [0.4, 0.5) is 5.95 Å². The van der Waals surface area contributed by atoms with Crippen molar-refractivity contribution < 1.29 is 9.59 Å². The third-order valence-corrected chi connectivity index (χ3v) is 5.37. The molecule has 2 saturated heterocycles. The number of carbonyl (C=O) groups is 2. The number of hydrogen-bond acceptors (Lipinski definition) is 6. The maximum atomic E-state index is 12.3. The minimum Gasteiger partial charge on any atom is -0.356 e. The second kappa shape index (κ2) is 10.2. The van der Waals surface area contributed by atoms with Crippen LogP contribution in [0.15, 0.2) is 18.5 Å². The molecule has 0 aromatic carbocycles. The van der Waals surface area contributed by atoms with Gasteiger partial charge in [0.25, 0.3) is 0 Å². The van der Waals surface area contributed by atoms with Gasteiger partial charge in [-0.15, -0.1) is 0 Å². The summed E-state index contributed by atoms with van der Waals surface area (Å²) in [5.74, 6) is 1.53. The number of nitrogens with one attached hydrogen (secondary N) is 2. The van der Waals surface area contributed by atoms with Gasteiger partial charge in [0.2, 0.25) is 17.8 Å². The molecule has 2 N–H and O–H groups in total. The average Bonchev–Trinajstić information content (AvgIpc) is 2.74. The molecule has 0 bridgehead atoms. The number of amides is 2. The Hall–Kier alpha value is -2.22. The first-order valence-corrected chi connectivity index (χ1v) is 9.99. The van der Waals surface area contributed by atoms with E-state index >= 15 is 0 Å². The SMILES string of the molecule is O=C(CCC1CCNCC1)NCCC(=O)N1CCN(c2ncccn2)CC1. The molecule has 148 valence electrons. The van der Waals surface area contributed by atoms with Gasteiger partial charge in [-0.2, -0.15) is 0 Å². The lowest BCUT2D eigenvalue weighted by atomic mass is 9.93. The zero-order valence-corrected chi connectivity index (χ0v) is 15.9. The number of piperazine rings is 1. The predicted molar refractivity (Wildman–Crippen MR) is 103 cm³/mol. The molecule has 3 rings (SSSR count). The molecule has 2 fully saturated rings. The van der Waals surface area contributed by atoms with Crippen LogP contribution in [0.5, 0.6) is 0 Å². The molecule has 0 atom stereocenters. The molecule has 3 heterocycles. The largest absolute Gasteiger partial charge is 0.356 e. The van der Waals surface area contributed by atoms with Gasteiger partial charge < -0.3 is 20.4 Å². The van der Waals surface area contributed by atoms with Crippen LogP contribution in [0.3, 0.4) is 0 Å². The van der Waals surface area contributed by atoms with Gasteiger partial charge in [-0.25, -0.2) is 9.97 Å². The Balaban J connectivity index is 1.29. The predicted octanol–water partition coefficient (Wildman–Crippen LogP) is 0.411. The maximum absolute atomic E-state index is 12.3. The summed E-state index contributed by atoms with van der Waals surface area (Å²) in [5, 5.41) is 6.23. The molecule has 0 saturated carbocycles. The van der Waals surface area contributed by atoms with E-state index in [0.717, 1.165) is 45.4 Å². The van der Waals surface area contributed by atoms with Crippen LogP contribution in [0.1, 0.15) is 32.1 Å². The molecular formula is C19H30N6O2. The van der Waals surface area contributed by atoms with Crippen LogP contribution in [0.2, 0.25) is 0 Å². The van der Waals surface area contributed by atoms with Gasteiger partial charge >= 0.3 is 0 Å². The Labute approximate surface area is 160 Å². The van der Waals surface area contributed by atoms with E-state index in [1.807, 2.05) is 4.90 Å². The van der Waals surface area contributed by atoms with Crippen molar-refractivity contribution in [3.63, 3.8) is 0 Å². The molecule has 0 radical (unpaired) electrons. The lowest BCUT2D eigenvalue weighted by molar-refractivity contribution is -0.131. The zero-order chi connectivity index (χ0) is 18.9. The molecule has 1 aromatic rings. The van der Waals surface area contributed by atoms with Crippen molar-refractivity contribution in [2.75, 3.05) is 50.7 Å². The van der Waals surface area contributed by atoms with Crippen molar-refractivity contribution in [2.45, 2.75) is 32.1 Å². The van der Waals surface area contributed by atoms with Crippen LogP contribution in [-0.4, -0.2) is 72.5 Å². The second-order valence-corrected chi connectivity index (χ2v) is 7.25. The Morgan fingerprint density at radius 1 is 1.07 bits per heavy atom. The minimum absolute atomic E-state index is 0.0624. The summed E-state index contributed by atoms with van der Waals surface area (Å²) >= 11 is 0. The van der Waals surface area contributed by atoms with Gasteiger partial charge in [0, 0.05) is 58.0 Å². The summed E-state index contributed by atoms with van der Waals surface area (Å²) < 4.78 is 0. The molecular weight excluding hydrogens is 344 g/mol. The first kappa shape index (κ1) is 19.5. The quantitative estimate of drug-likeness (QED) is 0.719.